The summed E-state index contributed by atoms with van der Waals surface area (Å²) < 4.78 is 10.6. The van der Waals surface area contributed by atoms with Crippen LogP contribution in [0.4, 0.5) is 11.6 Å². The lowest BCUT2D eigenvalue weighted by Crippen LogP contribution is -2.34. The number of hydrogen-bond acceptors (Lipinski definition) is 11. The lowest BCUT2D eigenvalue weighted by molar-refractivity contribution is -0.384. The fourth-order valence-corrected chi connectivity index (χ4v) is 4.32. The summed E-state index contributed by atoms with van der Waals surface area (Å²) in [5.74, 6) is -1.89. The third kappa shape index (κ3) is 5.36. The van der Waals surface area contributed by atoms with Crippen LogP contribution in [-0.2, 0) is 19.1 Å². The molecule has 0 radical (unpaired) electrons. The number of nitrogens with zero attached hydrogens (tertiary/aromatic N) is 3. The van der Waals surface area contributed by atoms with Crippen LogP contribution in [0.1, 0.15) is 32.3 Å². The van der Waals surface area contributed by atoms with Crippen LogP contribution in [0.15, 0.2) is 52.0 Å². The summed E-state index contributed by atoms with van der Waals surface area (Å²) in [4.78, 5) is 41.0. The van der Waals surface area contributed by atoms with E-state index in [0.717, 1.165) is 0 Å². The van der Waals surface area contributed by atoms with Crippen molar-refractivity contribution in [2.75, 3.05) is 24.7 Å². The third-order valence-corrected chi connectivity index (χ3v) is 5.75. The Bertz CT molecular complexity index is 1170. The van der Waals surface area contributed by atoms with Gasteiger partial charge in [-0.25, -0.2) is 14.7 Å². The van der Waals surface area contributed by atoms with Gasteiger partial charge < -0.3 is 20.5 Å². The second-order valence-corrected chi connectivity index (χ2v) is 8.02. The Hall–Kier alpha value is -3.87. The van der Waals surface area contributed by atoms with Crippen molar-refractivity contribution in [3.63, 3.8) is 0 Å². The zero-order valence-electron chi connectivity index (χ0n) is 18.8. The number of nitrogens with two attached hydrogens (primary N) is 1. The van der Waals surface area contributed by atoms with Crippen LogP contribution in [-0.4, -0.2) is 51.0 Å². The molecule has 0 fully saturated rings. The number of thioether (sulfide) groups is 1. The number of H-pyrrole nitrogens is 1. The number of allylic oxidation sites excluding steroid dienone is 1. The highest BCUT2D eigenvalue weighted by molar-refractivity contribution is 7.99. The molecule has 2 heterocycles. The van der Waals surface area contributed by atoms with Crippen molar-refractivity contribution in [2.24, 2.45) is 0 Å². The number of nitrogens with one attached hydrogen (secondary N) is 2. The molecule has 0 spiro atoms. The number of hydrogen-bond donors (Lipinski definition) is 3. The highest BCUT2D eigenvalue weighted by Gasteiger charge is 2.39. The molecule has 2 aromatic rings. The van der Waals surface area contributed by atoms with Gasteiger partial charge in [-0.05, 0) is 26.3 Å². The van der Waals surface area contributed by atoms with Crippen LogP contribution in [0.3, 0.4) is 0 Å². The first-order chi connectivity index (χ1) is 16.3. The summed E-state index contributed by atoms with van der Waals surface area (Å²) in [6, 6.07) is 5.79. The van der Waals surface area contributed by atoms with Crippen LogP contribution in [0.25, 0.3) is 0 Å². The Morgan fingerprint density at radius 1 is 1.21 bits per heavy atom. The van der Waals surface area contributed by atoms with Crippen LogP contribution in [0.5, 0.6) is 0 Å². The SMILES string of the molecule is CCOC(=O)C1=C(C)NC(CSc2n[nH]c(N)n2)=C(C(=O)OCC)C1c1cccc([N+](=O)[O-])c1. The van der Waals surface area contributed by atoms with Gasteiger partial charge in [-0.1, -0.05) is 23.9 Å². The first kappa shape index (κ1) is 24.8. The zero-order valence-corrected chi connectivity index (χ0v) is 19.6. The molecule has 3 rings (SSSR count). The van der Waals surface area contributed by atoms with Gasteiger partial charge in [0, 0.05) is 29.3 Å². The smallest absolute Gasteiger partial charge is 0.336 e. The van der Waals surface area contributed by atoms with Crippen molar-refractivity contribution in [1.29, 1.82) is 0 Å². The summed E-state index contributed by atoms with van der Waals surface area (Å²) in [7, 11) is 0. The molecule has 34 heavy (non-hydrogen) atoms. The molecule has 13 heteroatoms. The maximum atomic E-state index is 13.2. The maximum absolute atomic E-state index is 13.2. The van der Waals surface area contributed by atoms with Crippen LogP contribution in [0.2, 0.25) is 0 Å². The van der Waals surface area contributed by atoms with E-state index >= 15 is 0 Å². The topological polar surface area (TPSA) is 175 Å². The second kappa shape index (κ2) is 10.8. The Labute approximate surface area is 199 Å². The van der Waals surface area contributed by atoms with Crippen molar-refractivity contribution in [3.8, 4) is 0 Å². The maximum Gasteiger partial charge on any atom is 0.336 e. The number of carbonyl (C=O) groups is 2. The monoisotopic (exact) mass is 488 g/mol. The Morgan fingerprint density at radius 2 is 1.88 bits per heavy atom. The Balaban J connectivity index is 2.16. The fraction of sp³-hybridized carbons (Fsp3) is 0.333. The van der Waals surface area contributed by atoms with E-state index < -0.39 is 22.8 Å². The first-order valence-corrected chi connectivity index (χ1v) is 11.3. The molecule has 180 valence electrons. The first-order valence-electron chi connectivity index (χ1n) is 10.4. The Morgan fingerprint density at radius 3 is 2.47 bits per heavy atom. The van der Waals surface area contributed by atoms with Crippen molar-refractivity contribution in [3.05, 3.63) is 62.5 Å². The number of aromatic amines is 1. The molecule has 1 atom stereocenters. The molecular formula is C21H24N6O6S. The number of nitro benzene ring substituents is 1. The number of rotatable bonds is 9. The molecule has 1 aliphatic heterocycles. The van der Waals surface area contributed by atoms with Gasteiger partial charge in [-0.15, -0.1) is 5.10 Å². The van der Waals surface area contributed by atoms with E-state index in [-0.39, 0.29) is 41.7 Å². The van der Waals surface area contributed by atoms with Crippen LogP contribution >= 0.6 is 11.8 Å². The van der Waals surface area contributed by atoms with Gasteiger partial charge in [0.15, 0.2) is 0 Å². The minimum Gasteiger partial charge on any atom is -0.463 e. The highest BCUT2D eigenvalue weighted by atomic mass is 32.2. The summed E-state index contributed by atoms with van der Waals surface area (Å²) in [5, 5.41) is 21.4. The van der Waals surface area contributed by atoms with E-state index in [4.69, 9.17) is 15.2 Å². The molecule has 1 aromatic heterocycles. The number of dihydropyridines is 1. The average Bonchev–Trinajstić information content (AvgIpc) is 3.22. The lowest BCUT2D eigenvalue weighted by atomic mass is 9.80. The molecule has 0 bridgehead atoms. The molecule has 12 nitrogen and oxygen atoms in total. The number of ether oxygens (including phenoxy) is 2. The van der Waals surface area contributed by atoms with E-state index in [9.17, 15) is 19.7 Å². The number of non-ortho nitro benzene ring substituents is 1. The van der Waals surface area contributed by atoms with Crippen LogP contribution in [0, 0.1) is 10.1 Å². The molecule has 0 amide bonds. The van der Waals surface area contributed by atoms with Gasteiger partial charge in [-0.3, -0.25) is 10.1 Å². The largest absolute Gasteiger partial charge is 0.463 e. The van der Waals surface area contributed by atoms with Gasteiger partial charge in [-0.2, -0.15) is 4.98 Å². The standard InChI is InChI=1S/C21H24N6O6S/c1-4-32-18(28)15-11(3)23-14(10-34-21-24-20(22)25-26-21)17(19(29)33-5-2)16(15)12-7-6-8-13(9-12)27(30)31/h6-9,16,23H,4-5,10H2,1-3H3,(H3,22,24,25,26). The van der Waals surface area contributed by atoms with E-state index in [1.54, 1.807) is 26.8 Å². The van der Waals surface area contributed by atoms with Gasteiger partial charge >= 0.3 is 11.9 Å². The lowest BCUT2D eigenvalue weighted by Gasteiger charge is -2.31. The summed E-state index contributed by atoms with van der Waals surface area (Å²) in [6.07, 6.45) is 0. The molecule has 0 saturated heterocycles. The highest BCUT2D eigenvalue weighted by Crippen LogP contribution is 2.41. The third-order valence-electron chi connectivity index (χ3n) is 4.88. The number of anilines is 1. The fourth-order valence-electron chi connectivity index (χ4n) is 3.55. The Kier molecular flexibility index (Phi) is 7.89. The quantitative estimate of drug-likeness (QED) is 0.204. The second-order valence-electron chi connectivity index (χ2n) is 7.07. The van der Waals surface area contributed by atoms with E-state index in [0.29, 0.717) is 22.1 Å². The minimum atomic E-state index is -0.952. The van der Waals surface area contributed by atoms with Crippen molar-refractivity contribution >= 4 is 35.3 Å². The van der Waals surface area contributed by atoms with E-state index in [1.807, 2.05) is 0 Å². The van der Waals surface area contributed by atoms with Crippen molar-refractivity contribution < 1.29 is 24.0 Å². The van der Waals surface area contributed by atoms with E-state index in [2.05, 4.69) is 20.5 Å². The predicted octanol–water partition coefficient (Wildman–Crippen LogP) is 2.43. The molecular weight excluding hydrogens is 464 g/mol. The molecule has 0 aliphatic carbocycles. The molecule has 1 aliphatic rings. The molecule has 1 unspecified atom stereocenters. The van der Waals surface area contributed by atoms with Gasteiger partial charge in [0.1, 0.15) is 0 Å². The summed E-state index contributed by atoms with van der Waals surface area (Å²) in [5.41, 5.74) is 7.01. The molecule has 0 saturated carbocycles. The van der Waals surface area contributed by atoms with E-state index in [1.165, 1.54) is 30.0 Å². The van der Waals surface area contributed by atoms with Crippen molar-refractivity contribution in [1.82, 2.24) is 20.5 Å². The minimum absolute atomic E-state index is 0.0965. The van der Waals surface area contributed by atoms with Gasteiger partial charge in [0.05, 0.1) is 35.2 Å². The number of nitrogen functional groups attached to an aromatic ring is 1. The van der Waals surface area contributed by atoms with Crippen molar-refractivity contribution in [2.45, 2.75) is 31.8 Å². The number of esters is 2. The summed E-state index contributed by atoms with van der Waals surface area (Å²) >= 11 is 1.21. The average molecular weight is 489 g/mol. The molecule has 1 aromatic carbocycles. The number of carbonyl (C=O) groups excluding carboxylic acids is 2. The normalized spacial score (nSPS) is 15.7. The predicted molar refractivity (Wildman–Crippen MR) is 123 cm³/mol. The summed E-state index contributed by atoms with van der Waals surface area (Å²) in [6.45, 7) is 5.21. The number of benzene rings is 1. The van der Waals surface area contributed by atoms with Gasteiger partial charge in [0.25, 0.3) is 5.69 Å². The number of aromatic nitrogens is 3. The van der Waals surface area contributed by atoms with Gasteiger partial charge in [0.2, 0.25) is 11.1 Å². The molecule has 4 N–H and O–H groups in total. The zero-order chi connectivity index (χ0) is 24.8. The van der Waals surface area contributed by atoms with Crippen LogP contribution < -0.4 is 11.1 Å². The number of nitro groups is 1.